The predicted octanol–water partition coefficient (Wildman–Crippen LogP) is 0.578. The molecule has 0 amide bonds. The highest BCUT2D eigenvalue weighted by Gasteiger charge is 2.52. The van der Waals surface area contributed by atoms with E-state index < -0.39 is 0 Å². The van der Waals surface area contributed by atoms with E-state index in [0.29, 0.717) is 6.04 Å². The van der Waals surface area contributed by atoms with Gasteiger partial charge in [0.05, 0.1) is 5.54 Å². The summed E-state index contributed by atoms with van der Waals surface area (Å²) < 4.78 is 0. The third kappa shape index (κ3) is 2.23. The summed E-state index contributed by atoms with van der Waals surface area (Å²) >= 11 is 0. The van der Waals surface area contributed by atoms with Gasteiger partial charge in [-0.1, -0.05) is 6.42 Å². The minimum atomic E-state index is 0.265. The second kappa shape index (κ2) is 5.32. The Labute approximate surface area is 117 Å². The number of hydrogen-bond donors (Lipinski definition) is 1. The number of fused-ring (bicyclic) bond motifs is 1. The molecule has 4 heteroatoms. The van der Waals surface area contributed by atoms with Crippen molar-refractivity contribution in [2.45, 2.75) is 50.2 Å². The molecule has 0 radical (unpaired) electrons. The molecule has 3 heterocycles. The smallest absolute Gasteiger partial charge is 0.0502 e. The van der Waals surface area contributed by atoms with Gasteiger partial charge >= 0.3 is 0 Å². The van der Waals surface area contributed by atoms with Gasteiger partial charge in [0.1, 0.15) is 0 Å². The van der Waals surface area contributed by atoms with Gasteiger partial charge in [0.15, 0.2) is 0 Å². The van der Waals surface area contributed by atoms with Crippen molar-refractivity contribution in [1.82, 2.24) is 14.7 Å². The van der Waals surface area contributed by atoms with E-state index in [1.54, 1.807) is 0 Å². The van der Waals surface area contributed by atoms with Crippen molar-refractivity contribution in [3.8, 4) is 0 Å². The molecule has 0 spiro atoms. The number of nitrogens with zero attached hydrogens (tertiary/aromatic N) is 3. The van der Waals surface area contributed by atoms with Crippen molar-refractivity contribution in [2.75, 3.05) is 46.3 Å². The molecule has 0 bridgehead atoms. The molecule has 3 aliphatic heterocycles. The van der Waals surface area contributed by atoms with E-state index in [2.05, 4.69) is 28.7 Å². The fourth-order valence-corrected chi connectivity index (χ4v) is 4.86. The Morgan fingerprint density at radius 1 is 1.16 bits per heavy atom. The number of hydrogen-bond acceptors (Lipinski definition) is 4. The van der Waals surface area contributed by atoms with Gasteiger partial charge in [-0.3, -0.25) is 9.80 Å². The first kappa shape index (κ1) is 13.8. The van der Waals surface area contributed by atoms with Crippen LogP contribution in [0.5, 0.6) is 0 Å². The van der Waals surface area contributed by atoms with Crippen LogP contribution in [0.25, 0.3) is 0 Å². The summed E-state index contributed by atoms with van der Waals surface area (Å²) in [5.74, 6) is 0. The second-order valence-electron chi connectivity index (χ2n) is 6.91. The summed E-state index contributed by atoms with van der Waals surface area (Å²) in [5, 5.41) is 0. The predicted molar refractivity (Wildman–Crippen MR) is 79.3 cm³/mol. The highest BCUT2D eigenvalue weighted by atomic mass is 15.4. The van der Waals surface area contributed by atoms with E-state index in [1.807, 2.05) is 0 Å². The quantitative estimate of drug-likeness (QED) is 0.793. The van der Waals surface area contributed by atoms with Gasteiger partial charge in [-0.15, -0.1) is 0 Å². The highest BCUT2D eigenvalue weighted by Crippen LogP contribution is 2.40. The van der Waals surface area contributed by atoms with Crippen LogP contribution in [0, 0.1) is 0 Å². The first-order valence-corrected chi connectivity index (χ1v) is 8.07. The Balaban J connectivity index is 1.82. The topological polar surface area (TPSA) is 35.7 Å². The Morgan fingerprint density at radius 2 is 2.00 bits per heavy atom. The summed E-state index contributed by atoms with van der Waals surface area (Å²) in [6, 6.07) is 1.36. The minimum absolute atomic E-state index is 0.265. The zero-order valence-corrected chi connectivity index (χ0v) is 12.6. The molecule has 4 nitrogen and oxygen atoms in total. The molecular formula is C15H30N4. The number of rotatable bonds is 2. The molecule has 2 N–H and O–H groups in total. The maximum atomic E-state index is 6.32. The van der Waals surface area contributed by atoms with Crippen LogP contribution < -0.4 is 5.73 Å². The number of piperidine rings is 1. The van der Waals surface area contributed by atoms with Crippen molar-refractivity contribution in [3.05, 3.63) is 0 Å². The van der Waals surface area contributed by atoms with E-state index >= 15 is 0 Å². The van der Waals surface area contributed by atoms with Crippen LogP contribution in [-0.4, -0.2) is 78.6 Å². The molecule has 3 aliphatic rings. The third-order valence-corrected chi connectivity index (χ3v) is 5.82. The second-order valence-corrected chi connectivity index (χ2v) is 6.91. The molecule has 19 heavy (non-hydrogen) atoms. The van der Waals surface area contributed by atoms with E-state index in [1.165, 1.54) is 58.4 Å². The largest absolute Gasteiger partial charge is 0.329 e. The molecule has 0 aromatic carbocycles. The summed E-state index contributed by atoms with van der Waals surface area (Å²) in [6.07, 6.45) is 5.42. The van der Waals surface area contributed by atoms with Crippen molar-refractivity contribution >= 4 is 0 Å². The zero-order valence-electron chi connectivity index (χ0n) is 12.6. The lowest BCUT2D eigenvalue weighted by Gasteiger charge is -2.52. The summed E-state index contributed by atoms with van der Waals surface area (Å²) in [5.41, 5.74) is 6.59. The lowest BCUT2D eigenvalue weighted by molar-refractivity contribution is -0.0241. The van der Waals surface area contributed by atoms with Crippen LogP contribution in [0.3, 0.4) is 0 Å². The average molecular weight is 266 g/mol. The van der Waals surface area contributed by atoms with Crippen molar-refractivity contribution < 1.29 is 0 Å². The average Bonchev–Trinajstić information content (AvgIpc) is 2.79. The summed E-state index contributed by atoms with van der Waals surface area (Å²) in [7, 11) is 2.24. The maximum absolute atomic E-state index is 6.32. The third-order valence-electron chi connectivity index (χ3n) is 5.82. The van der Waals surface area contributed by atoms with Crippen LogP contribution in [0.1, 0.15) is 32.6 Å². The fraction of sp³-hybridized carbons (Fsp3) is 1.00. The van der Waals surface area contributed by atoms with Crippen LogP contribution in [-0.2, 0) is 0 Å². The minimum Gasteiger partial charge on any atom is -0.329 e. The number of nitrogens with two attached hydrogens (primary N) is 1. The van der Waals surface area contributed by atoms with Crippen LogP contribution in [0.15, 0.2) is 0 Å². The first-order chi connectivity index (χ1) is 9.17. The Hall–Kier alpha value is -0.160. The molecule has 3 saturated heterocycles. The summed E-state index contributed by atoms with van der Waals surface area (Å²) in [4.78, 5) is 7.95. The molecule has 110 valence electrons. The van der Waals surface area contributed by atoms with Crippen LogP contribution in [0.2, 0.25) is 0 Å². The van der Waals surface area contributed by atoms with Gasteiger partial charge in [0, 0.05) is 44.8 Å². The zero-order chi connectivity index (χ0) is 13.5. The van der Waals surface area contributed by atoms with Crippen LogP contribution in [0.4, 0.5) is 0 Å². The van der Waals surface area contributed by atoms with Crippen LogP contribution >= 0.6 is 0 Å². The Bertz CT molecular complexity index is 321. The van der Waals surface area contributed by atoms with E-state index in [9.17, 15) is 0 Å². The summed E-state index contributed by atoms with van der Waals surface area (Å²) in [6.45, 7) is 9.36. The van der Waals surface area contributed by atoms with E-state index in [-0.39, 0.29) is 5.54 Å². The standard InChI is InChI=1S/C15H30N4/c1-13-11-17(2)9-10-19(13)15(12-16)6-8-18-7-4-3-5-14(15)18/h13-14H,3-12,16H2,1-2H3. The van der Waals surface area contributed by atoms with Crippen molar-refractivity contribution in [1.29, 1.82) is 0 Å². The fourth-order valence-electron chi connectivity index (χ4n) is 4.86. The first-order valence-electron chi connectivity index (χ1n) is 8.07. The van der Waals surface area contributed by atoms with E-state index in [0.717, 1.165) is 12.6 Å². The SMILES string of the molecule is CC1CN(C)CCN1C1(CN)CCN2CCCCC21. The highest BCUT2D eigenvalue weighted by molar-refractivity contribution is 5.10. The Morgan fingerprint density at radius 3 is 2.74 bits per heavy atom. The van der Waals surface area contributed by atoms with Gasteiger partial charge < -0.3 is 10.6 Å². The number of likely N-dealkylation sites (N-methyl/N-ethyl adjacent to an activating group) is 1. The maximum Gasteiger partial charge on any atom is 0.0502 e. The molecule has 0 aromatic heterocycles. The number of piperazine rings is 1. The van der Waals surface area contributed by atoms with Crippen molar-refractivity contribution in [2.24, 2.45) is 5.73 Å². The molecule has 3 atom stereocenters. The van der Waals surface area contributed by atoms with Gasteiger partial charge in [0.25, 0.3) is 0 Å². The molecular weight excluding hydrogens is 236 g/mol. The van der Waals surface area contributed by atoms with E-state index in [4.69, 9.17) is 5.73 Å². The van der Waals surface area contributed by atoms with Gasteiger partial charge in [-0.2, -0.15) is 0 Å². The molecule has 3 fully saturated rings. The van der Waals surface area contributed by atoms with Gasteiger partial charge in [-0.25, -0.2) is 0 Å². The molecule has 0 aromatic rings. The van der Waals surface area contributed by atoms with Crippen molar-refractivity contribution in [3.63, 3.8) is 0 Å². The molecule has 3 rings (SSSR count). The lowest BCUT2D eigenvalue weighted by Crippen LogP contribution is -2.67. The lowest BCUT2D eigenvalue weighted by atomic mass is 9.82. The van der Waals surface area contributed by atoms with Gasteiger partial charge in [-0.05, 0) is 39.8 Å². The molecule has 0 saturated carbocycles. The Kier molecular flexibility index (Phi) is 3.87. The normalized spacial score (nSPS) is 42.5. The van der Waals surface area contributed by atoms with Gasteiger partial charge in [0.2, 0.25) is 0 Å². The molecule has 0 aliphatic carbocycles. The monoisotopic (exact) mass is 266 g/mol. The molecule has 3 unspecified atom stereocenters.